The number of hydrogen-bond acceptors (Lipinski definition) is 2. The minimum Gasteiger partial charge on any atom is -0.347 e. The second kappa shape index (κ2) is 8.48. The van der Waals surface area contributed by atoms with Crippen LogP contribution in [0.25, 0.3) is 10.9 Å². The van der Waals surface area contributed by atoms with Crippen LogP contribution in [0.1, 0.15) is 30.5 Å². The highest BCUT2D eigenvalue weighted by atomic mass is 35.5. The highest BCUT2D eigenvalue weighted by Crippen LogP contribution is 2.35. The third kappa shape index (κ3) is 4.17. The Morgan fingerprint density at radius 2 is 1.78 bits per heavy atom. The van der Waals surface area contributed by atoms with Gasteiger partial charge in [-0.05, 0) is 55.8 Å². The fourth-order valence-corrected chi connectivity index (χ4v) is 5.55. The molecule has 142 valence electrons. The Bertz CT molecular complexity index is 945. The fraction of sp³-hybridized carbons (Fsp3) is 0.364. The van der Waals surface area contributed by atoms with Crippen LogP contribution < -0.4 is 0 Å². The highest BCUT2D eigenvalue weighted by molar-refractivity contribution is 7.98. The van der Waals surface area contributed by atoms with Gasteiger partial charge in [-0.2, -0.15) is 0 Å². The van der Waals surface area contributed by atoms with Gasteiger partial charge >= 0.3 is 0 Å². The fourth-order valence-electron chi connectivity index (χ4n) is 3.96. The normalized spacial score (nSPS) is 15.5. The van der Waals surface area contributed by atoms with Crippen molar-refractivity contribution in [2.45, 2.75) is 36.5 Å². The van der Waals surface area contributed by atoms with E-state index in [-0.39, 0.29) is 0 Å². The predicted molar refractivity (Wildman–Crippen MR) is 118 cm³/mol. The summed E-state index contributed by atoms with van der Waals surface area (Å²) in [7, 11) is 2.18. The number of fused-ring (bicyclic) bond motifs is 1. The summed E-state index contributed by atoms with van der Waals surface area (Å²) in [4.78, 5) is 3.64. The number of para-hydroxylation sites is 1. The topological polar surface area (TPSA) is 8.17 Å². The van der Waals surface area contributed by atoms with E-state index in [4.69, 9.17) is 23.2 Å². The number of benzene rings is 2. The second-order valence-corrected chi connectivity index (χ2v) is 9.06. The molecule has 0 N–H and O–H groups in total. The van der Waals surface area contributed by atoms with Crippen molar-refractivity contribution < 1.29 is 0 Å². The van der Waals surface area contributed by atoms with Crippen molar-refractivity contribution in [3.63, 3.8) is 0 Å². The maximum Gasteiger partial charge on any atom is 0.0543 e. The molecule has 3 aromatic rings. The third-order valence-corrected chi connectivity index (χ3v) is 7.18. The van der Waals surface area contributed by atoms with Crippen LogP contribution in [0.4, 0.5) is 0 Å². The zero-order valence-corrected chi connectivity index (χ0v) is 17.9. The summed E-state index contributed by atoms with van der Waals surface area (Å²) in [6.07, 6.45) is 3.99. The van der Waals surface area contributed by atoms with Crippen molar-refractivity contribution in [2.75, 3.05) is 13.1 Å². The molecule has 1 aromatic heterocycles. The number of halogens is 2. The van der Waals surface area contributed by atoms with Crippen LogP contribution in [0.2, 0.25) is 10.0 Å². The van der Waals surface area contributed by atoms with Crippen molar-refractivity contribution in [1.29, 1.82) is 0 Å². The van der Waals surface area contributed by atoms with E-state index < -0.39 is 0 Å². The van der Waals surface area contributed by atoms with E-state index in [9.17, 15) is 0 Å². The molecule has 0 atom stereocenters. The van der Waals surface area contributed by atoms with E-state index in [0.717, 1.165) is 27.2 Å². The van der Waals surface area contributed by atoms with E-state index in [2.05, 4.69) is 40.8 Å². The van der Waals surface area contributed by atoms with E-state index in [1.165, 1.54) is 54.5 Å². The standard InChI is InChI=1S/C22H24Cl2N2S/c1-25-20-8-4-3-7-17(20)18(14-26-11-5-2-6-12-26)21(25)15-27-22-13-16(23)9-10-19(22)24/h3-4,7-10,13H,2,5-6,11-12,14-15H2,1H3. The minimum absolute atomic E-state index is 0.729. The van der Waals surface area contributed by atoms with Crippen LogP contribution in [0.15, 0.2) is 47.4 Å². The number of nitrogens with zero attached hydrogens (tertiary/aromatic N) is 2. The van der Waals surface area contributed by atoms with Gasteiger partial charge in [0, 0.05) is 45.9 Å². The number of piperidine rings is 1. The molecule has 0 spiro atoms. The van der Waals surface area contributed by atoms with Gasteiger partial charge in [0.2, 0.25) is 0 Å². The molecule has 2 nitrogen and oxygen atoms in total. The van der Waals surface area contributed by atoms with Gasteiger partial charge in [0.15, 0.2) is 0 Å². The summed E-state index contributed by atoms with van der Waals surface area (Å²) in [6, 6.07) is 14.4. The zero-order valence-electron chi connectivity index (χ0n) is 15.5. The first-order valence-corrected chi connectivity index (χ1v) is 11.2. The van der Waals surface area contributed by atoms with Crippen LogP contribution >= 0.6 is 35.0 Å². The molecule has 0 saturated carbocycles. The average molecular weight is 419 g/mol. The van der Waals surface area contributed by atoms with Crippen molar-refractivity contribution in [1.82, 2.24) is 9.47 Å². The molecule has 0 radical (unpaired) electrons. The first-order valence-electron chi connectivity index (χ1n) is 9.49. The molecule has 1 fully saturated rings. The lowest BCUT2D eigenvalue weighted by Gasteiger charge is -2.26. The molecule has 0 unspecified atom stereocenters. The second-order valence-electron chi connectivity index (χ2n) is 7.20. The van der Waals surface area contributed by atoms with Crippen LogP contribution in [0, 0.1) is 0 Å². The maximum absolute atomic E-state index is 6.38. The van der Waals surface area contributed by atoms with E-state index >= 15 is 0 Å². The average Bonchev–Trinajstić information content (AvgIpc) is 2.95. The van der Waals surface area contributed by atoms with Crippen molar-refractivity contribution in [3.05, 3.63) is 63.8 Å². The summed E-state index contributed by atoms with van der Waals surface area (Å²) < 4.78 is 2.35. The molecular weight excluding hydrogens is 395 g/mol. The molecule has 1 aliphatic rings. The Morgan fingerprint density at radius 3 is 2.59 bits per heavy atom. The lowest BCUT2D eigenvalue weighted by molar-refractivity contribution is 0.221. The number of aryl methyl sites for hydroxylation is 1. The van der Waals surface area contributed by atoms with Crippen molar-refractivity contribution in [2.24, 2.45) is 7.05 Å². The van der Waals surface area contributed by atoms with Crippen molar-refractivity contribution in [3.8, 4) is 0 Å². The van der Waals surface area contributed by atoms with Crippen LogP contribution in [-0.4, -0.2) is 22.6 Å². The first-order chi connectivity index (χ1) is 13.1. The number of thioether (sulfide) groups is 1. The third-order valence-electron chi connectivity index (χ3n) is 5.43. The number of hydrogen-bond donors (Lipinski definition) is 0. The quantitative estimate of drug-likeness (QED) is 0.422. The molecule has 0 bridgehead atoms. The van der Waals surface area contributed by atoms with Crippen LogP contribution in [0.3, 0.4) is 0 Å². The minimum atomic E-state index is 0.729. The monoisotopic (exact) mass is 418 g/mol. The Hall–Kier alpha value is -1.13. The number of likely N-dealkylation sites (tertiary alicyclic amines) is 1. The summed E-state index contributed by atoms with van der Waals surface area (Å²) in [5.41, 5.74) is 4.14. The Morgan fingerprint density at radius 1 is 1.00 bits per heavy atom. The van der Waals surface area contributed by atoms with Gasteiger partial charge in [0.05, 0.1) is 5.02 Å². The highest BCUT2D eigenvalue weighted by Gasteiger charge is 2.19. The van der Waals surface area contributed by atoms with Crippen LogP contribution in [-0.2, 0) is 19.3 Å². The lowest BCUT2D eigenvalue weighted by atomic mass is 10.1. The molecule has 2 aromatic carbocycles. The molecule has 1 saturated heterocycles. The largest absolute Gasteiger partial charge is 0.347 e. The first kappa shape index (κ1) is 19.2. The van der Waals surface area contributed by atoms with E-state index in [1.54, 1.807) is 11.8 Å². The molecule has 0 aliphatic carbocycles. The van der Waals surface area contributed by atoms with Gasteiger partial charge < -0.3 is 4.57 Å². The molecule has 0 amide bonds. The lowest BCUT2D eigenvalue weighted by Crippen LogP contribution is -2.29. The molecular formula is C22H24Cl2N2S. The number of aromatic nitrogens is 1. The molecule has 5 heteroatoms. The van der Waals surface area contributed by atoms with Gasteiger partial charge in [0.1, 0.15) is 0 Å². The summed E-state index contributed by atoms with van der Waals surface area (Å²) in [5, 5.41) is 2.87. The van der Waals surface area contributed by atoms with Crippen LogP contribution in [0.5, 0.6) is 0 Å². The smallest absolute Gasteiger partial charge is 0.0543 e. The van der Waals surface area contributed by atoms with Gasteiger partial charge in [0.25, 0.3) is 0 Å². The van der Waals surface area contributed by atoms with Crippen molar-refractivity contribution >= 4 is 45.9 Å². The Balaban J connectivity index is 1.66. The number of rotatable bonds is 5. The molecule has 27 heavy (non-hydrogen) atoms. The molecule has 2 heterocycles. The van der Waals surface area contributed by atoms with Gasteiger partial charge in [-0.1, -0.05) is 47.8 Å². The maximum atomic E-state index is 6.38. The van der Waals surface area contributed by atoms with Gasteiger partial charge in [-0.25, -0.2) is 0 Å². The summed E-state index contributed by atoms with van der Waals surface area (Å²) >= 11 is 14.3. The Kier molecular flexibility index (Phi) is 6.03. The Labute approximate surface area is 175 Å². The zero-order chi connectivity index (χ0) is 18.8. The molecule has 4 rings (SSSR count). The molecule has 1 aliphatic heterocycles. The predicted octanol–water partition coefficient (Wildman–Crippen LogP) is 6.76. The van der Waals surface area contributed by atoms with E-state index in [0.29, 0.717) is 0 Å². The van der Waals surface area contributed by atoms with Gasteiger partial charge in [-0.15, -0.1) is 11.8 Å². The SMILES string of the molecule is Cn1c(CSc2cc(Cl)ccc2Cl)c(CN2CCCCC2)c2ccccc21. The summed E-state index contributed by atoms with van der Waals surface area (Å²) in [5.74, 6) is 0.883. The summed E-state index contributed by atoms with van der Waals surface area (Å²) in [6.45, 7) is 3.44. The van der Waals surface area contributed by atoms with E-state index in [1.807, 2.05) is 18.2 Å². The van der Waals surface area contributed by atoms with Gasteiger partial charge in [-0.3, -0.25) is 4.90 Å².